The molecule has 1 fully saturated rings. The summed E-state index contributed by atoms with van der Waals surface area (Å²) in [6, 6.07) is 16.4. The Bertz CT molecular complexity index is 973. The van der Waals surface area contributed by atoms with E-state index in [9.17, 15) is 4.39 Å². The normalized spacial score (nSPS) is 15.9. The fourth-order valence-electron chi connectivity index (χ4n) is 3.74. The molecule has 0 radical (unpaired) electrons. The summed E-state index contributed by atoms with van der Waals surface area (Å²) < 4.78 is 23.9. The fraction of sp³-hybridized carbons (Fsp3) is 0.304. The summed E-state index contributed by atoms with van der Waals surface area (Å²) >= 11 is 0. The van der Waals surface area contributed by atoms with Crippen molar-refractivity contribution in [1.82, 2.24) is 10.2 Å². The van der Waals surface area contributed by atoms with Gasteiger partial charge in [-0.2, -0.15) is 0 Å². The summed E-state index contributed by atoms with van der Waals surface area (Å²) in [5, 5.41) is 8.73. The number of anilines is 2. The van der Waals surface area contributed by atoms with Gasteiger partial charge in [-0.3, -0.25) is 0 Å². The lowest BCUT2D eigenvalue weighted by atomic mass is 10.1. The van der Waals surface area contributed by atoms with Gasteiger partial charge in [0.1, 0.15) is 17.3 Å². The van der Waals surface area contributed by atoms with Crippen LogP contribution in [0.25, 0.3) is 11.3 Å². The predicted molar refractivity (Wildman–Crippen MR) is 116 cm³/mol. The topological polar surface area (TPSA) is 50.7 Å². The maximum absolute atomic E-state index is 13.1. The number of likely N-dealkylation sites (N-methyl/N-ethyl adjacent to an activating group) is 1. The molecule has 0 spiro atoms. The molecule has 1 atom stereocenters. The standard InChI is InChI=1S/C23H25FN4O2/c1-27(23-9-8-22(25-26-23)16-4-6-17(24)7-5-16)18-10-11-28(15-18)19-12-20(29-2)14-21(13-19)30-3/h4-9,12-14,18H,10-11,15H2,1-3H3. The van der Waals surface area contributed by atoms with E-state index < -0.39 is 0 Å². The van der Waals surface area contributed by atoms with Crippen molar-refractivity contribution in [2.75, 3.05) is 44.2 Å². The van der Waals surface area contributed by atoms with Crippen molar-refractivity contribution < 1.29 is 13.9 Å². The van der Waals surface area contributed by atoms with E-state index in [1.165, 1.54) is 12.1 Å². The van der Waals surface area contributed by atoms with E-state index in [1.807, 2.05) is 37.4 Å². The van der Waals surface area contributed by atoms with Crippen LogP contribution in [-0.4, -0.2) is 50.6 Å². The van der Waals surface area contributed by atoms with Crippen molar-refractivity contribution in [2.24, 2.45) is 0 Å². The van der Waals surface area contributed by atoms with Crippen LogP contribution in [0, 0.1) is 5.82 Å². The Morgan fingerprint density at radius 1 is 0.967 bits per heavy atom. The first-order chi connectivity index (χ1) is 14.6. The van der Waals surface area contributed by atoms with Crippen LogP contribution >= 0.6 is 0 Å². The van der Waals surface area contributed by atoms with Crippen molar-refractivity contribution >= 4 is 11.5 Å². The second kappa shape index (κ2) is 8.57. The average Bonchev–Trinajstić information content (AvgIpc) is 3.29. The van der Waals surface area contributed by atoms with E-state index in [1.54, 1.807) is 26.4 Å². The van der Waals surface area contributed by atoms with Crippen LogP contribution in [0.1, 0.15) is 6.42 Å². The fourth-order valence-corrected chi connectivity index (χ4v) is 3.74. The highest BCUT2D eigenvalue weighted by Crippen LogP contribution is 2.32. The minimum absolute atomic E-state index is 0.262. The molecule has 1 aliphatic heterocycles. The number of aromatic nitrogens is 2. The molecule has 0 saturated carbocycles. The van der Waals surface area contributed by atoms with Crippen molar-refractivity contribution in [3.8, 4) is 22.8 Å². The Balaban J connectivity index is 1.46. The molecule has 0 aliphatic carbocycles. The van der Waals surface area contributed by atoms with Gasteiger partial charge < -0.3 is 19.3 Å². The van der Waals surface area contributed by atoms with Gasteiger partial charge in [0.2, 0.25) is 0 Å². The highest BCUT2D eigenvalue weighted by molar-refractivity contribution is 5.60. The van der Waals surface area contributed by atoms with Crippen LogP contribution in [0.4, 0.5) is 15.9 Å². The maximum atomic E-state index is 13.1. The molecule has 0 amide bonds. The van der Waals surface area contributed by atoms with E-state index in [0.717, 1.165) is 53.8 Å². The van der Waals surface area contributed by atoms with Gasteiger partial charge in [0.05, 0.1) is 19.9 Å². The minimum Gasteiger partial charge on any atom is -0.497 e. The van der Waals surface area contributed by atoms with E-state index in [0.29, 0.717) is 6.04 Å². The van der Waals surface area contributed by atoms with Crippen LogP contribution in [0.3, 0.4) is 0 Å². The third kappa shape index (κ3) is 4.15. The van der Waals surface area contributed by atoms with Gasteiger partial charge in [0.25, 0.3) is 0 Å². The van der Waals surface area contributed by atoms with E-state index in [2.05, 4.69) is 20.0 Å². The van der Waals surface area contributed by atoms with Gasteiger partial charge in [-0.05, 0) is 42.8 Å². The molecular weight excluding hydrogens is 383 g/mol. The Labute approximate surface area is 175 Å². The number of hydrogen-bond donors (Lipinski definition) is 0. The van der Waals surface area contributed by atoms with E-state index >= 15 is 0 Å². The highest BCUT2D eigenvalue weighted by atomic mass is 19.1. The number of halogens is 1. The Morgan fingerprint density at radius 2 is 1.67 bits per heavy atom. The van der Waals surface area contributed by atoms with Crippen molar-refractivity contribution in [1.29, 1.82) is 0 Å². The Morgan fingerprint density at radius 3 is 2.27 bits per heavy atom. The quantitative estimate of drug-likeness (QED) is 0.614. The second-order valence-electron chi connectivity index (χ2n) is 7.35. The van der Waals surface area contributed by atoms with Crippen molar-refractivity contribution in [3.05, 3.63) is 60.4 Å². The van der Waals surface area contributed by atoms with E-state index in [-0.39, 0.29) is 5.82 Å². The third-order valence-electron chi connectivity index (χ3n) is 5.56. The van der Waals surface area contributed by atoms with E-state index in [4.69, 9.17) is 9.47 Å². The van der Waals surface area contributed by atoms with Gasteiger partial charge >= 0.3 is 0 Å². The predicted octanol–water partition coefficient (Wildman–Crippen LogP) is 4.02. The van der Waals surface area contributed by atoms with Crippen molar-refractivity contribution in [3.63, 3.8) is 0 Å². The van der Waals surface area contributed by atoms with Gasteiger partial charge in [0, 0.05) is 55.6 Å². The molecule has 1 aliphatic rings. The molecular formula is C23H25FN4O2. The van der Waals surface area contributed by atoms with Crippen LogP contribution in [0.15, 0.2) is 54.6 Å². The number of hydrogen-bond acceptors (Lipinski definition) is 6. The molecule has 2 aromatic carbocycles. The second-order valence-corrected chi connectivity index (χ2v) is 7.35. The average molecular weight is 408 g/mol. The number of nitrogens with zero attached hydrogens (tertiary/aromatic N) is 4. The zero-order valence-corrected chi connectivity index (χ0v) is 17.4. The summed E-state index contributed by atoms with van der Waals surface area (Å²) in [4.78, 5) is 4.49. The molecule has 6 nitrogen and oxygen atoms in total. The van der Waals surface area contributed by atoms with Crippen LogP contribution in [0.5, 0.6) is 11.5 Å². The number of rotatable bonds is 6. The lowest BCUT2D eigenvalue weighted by molar-refractivity contribution is 0.394. The molecule has 30 heavy (non-hydrogen) atoms. The number of ether oxygens (including phenoxy) is 2. The van der Waals surface area contributed by atoms with Crippen LogP contribution < -0.4 is 19.3 Å². The zero-order chi connectivity index (χ0) is 21.1. The molecule has 0 bridgehead atoms. The van der Waals surface area contributed by atoms with Gasteiger partial charge in [-0.25, -0.2) is 4.39 Å². The highest BCUT2D eigenvalue weighted by Gasteiger charge is 2.27. The van der Waals surface area contributed by atoms with Crippen LogP contribution in [-0.2, 0) is 0 Å². The first kappa shape index (κ1) is 19.9. The summed E-state index contributed by atoms with van der Waals surface area (Å²) in [5.74, 6) is 2.12. The largest absolute Gasteiger partial charge is 0.497 e. The molecule has 156 valence electrons. The maximum Gasteiger partial charge on any atom is 0.151 e. The smallest absolute Gasteiger partial charge is 0.151 e. The lowest BCUT2D eigenvalue weighted by Crippen LogP contribution is -2.35. The summed E-state index contributed by atoms with van der Waals surface area (Å²) in [6.07, 6.45) is 1.01. The molecule has 1 saturated heterocycles. The van der Waals surface area contributed by atoms with Gasteiger partial charge in [-0.1, -0.05) is 0 Å². The molecule has 2 heterocycles. The monoisotopic (exact) mass is 408 g/mol. The number of methoxy groups -OCH3 is 2. The summed E-state index contributed by atoms with van der Waals surface area (Å²) in [6.45, 7) is 1.81. The first-order valence-corrected chi connectivity index (χ1v) is 9.88. The zero-order valence-electron chi connectivity index (χ0n) is 17.4. The molecule has 0 N–H and O–H groups in total. The van der Waals surface area contributed by atoms with Gasteiger partial charge in [0.15, 0.2) is 5.82 Å². The molecule has 4 rings (SSSR count). The van der Waals surface area contributed by atoms with Crippen LogP contribution in [0.2, 0.25) is 0 Å². The Kier molecular flexibility index (Phi) is 5.70. The molecule has 7 heteroatoms. The lowest BCUT2D eigenvalue weighted by Gasteiger charge is -2.26. The SMILES string of the molecule is COc1cc(OC)cc(N2CCC(N(C)c3ccc(-c4ccc(F)cc4)nn3)C2)c1. The first-order valence-electron chi connectivity index (χ1n) is 9.88. The molecule has 3 aromatic rings. The van der Waals surface area contributed by atoms with Gasteiger partial charge in [-0.15, -0.1) is 10.2 Å². The number of benzene rings is 2. The Hall–Kier alpha value is -3.35. The summed E-state index contributed by atoms with van der Waals surface area (Å²) in [7, 11) is 5.36. The molecule has 1 unspecified atom stereocenters. The summed E-state index contributed by atoms with van der Waals surface area (Å²) in [5.41, 5.74) is 2.65. The third-order valence-corrected chi connectivity index (χ3v) is 5.56. The van der Waals surface area contributed by atoms with Crippen molar-refractivity contribution in [2.45, 2.75) is 12.5 Å². The minimum atomic E-state index is -0.262. The molecule has 1 aromatic heterocycles.